The standard InChI is InChI=1S/C15H23INO4/c1-17(2,3)15(16)11(18)7-10-8-12(19-4)14(21-6)13(9-10)20-5/h8-9,15H,7H2,1-6H3/q+1. The van der Waals surface area contributed by atoms with Crippen LogP contribution in [0.2, 0.25) is 0 Å². The maximum absolute atomic E-state index is 12.4. The van der Waals surface area contributed by atoms with Crippen molar-refractivity contribution in [3.8, 4) is 17.2 Å². The molecule has 118 valence electrons. The summed E-state index contributed by atoms with van der Waals surface area (Å²) >= 11 is 2.19. The fourth-order valence-electron chi connectivity index (χ4n) is 1.95. The SMILES string of the molecule is COc1cc(CC(=O)C(I)[N+](C)(C)C)cc(OC)c1OC. The number of alkyl halides is 1. The number of likely N-dealkylation sites (N-methyl/N-ethyl adjacent to an activating group) is 1. The summed E-state index contributed by atoms with van der Waals surface area (Å²) in [4.78, 5) is 12.4. The van der Waals surface area contributed by atoms with Crippen LogP contribution >= 0.6 is 22.6 Å². The lowest BCUT2D eigenvalue weighted by molar-refractivity contribution is -0.867. The number of Topliss-reactive ketones (excluding diaryl/α,β-unsaturated/α-hetero) is 1. The average molecular weight is 408 g/mol. The smallest absolute Gasteiger partial charge is 0.204 e. The first-order chi connectivity index (χ1) is 9.74. The van der Waals surface area contributed by atoms with Gasteiger partial charge in [0, 0.05) is 6.42 Å². The minimum atomic E-state index is -0.110. The third-order valence-corrected chi connectivity index (χ3v) is 5.41. The Kier molecular flexibility index (Phi) is 6.27. The van der Waals surface area contributed by atoms with Gasteiger partial charge in [-0.2, -0.15) is 0 Å². The molecule has 0 aromatic heterocycles. The Bertz CT molecular complexity index is 486. The second kappa shape index (κ2) is 7.31. The summed E-state index contributed by atoms with van der Waals surface area (Å²) in [5, 5.41) is 0. The number of quaternary nitrogens is 1. The van der Waals surface area contributed by atoms with Gasteiger partial charge in [-0.15, -0.1) is 0 Å². The molecule has 0 spiro atoms. The maximum Gasteiger partial charge on any atom is 0.204 e. The van der Waals surface area contributed by atoms with Crippen molar-refractivity contribution >= 4 is 28.4 Å². The minimum Gasteiger partial charge on any atom is -0.493 e. The van der Waals surface area contributed by atoms with Crippen molar-refractivity contribution in [2.75, 3.05) is 42.5 Å². The van der Waals surface area contributed by atoms with E-state index in [1.54, 1.807) is 21.3 Å². The van der Waals surface area contributed by atoms with E-state index in [9.17, 15) is 4.79 Å². The molecule has 21 heavy (non-hydrogen) atoms. The second-order valence-corrected chi connectivity index (χ2v) is 6.81. The van der Waals surface area contributed by atoms with Crippen molar-refractivity contribution in [1.82, 2.24) is 0 Å². The van der Waals surface area contributed by atoms with E-state index in [-0.39, 0.29) is 9.83 Å². The Morgan fingerprint density at radius 1 is 1.10 bits per heavy atom. The summed E-state index contributed by atoms with van der Waals surface area (Å²) < 4.78 is 16.4. The number of hydrogen-bond acceptors (Lipinski definition) is 4. The second-order valence-electron chi connectivity index (χ2n) is 5.63. The quantitative estimate of drug-likeness (QED) is 0.301. The molecule has 1 atom stereocenters. The summed E-state index contributed by atoms with van der Waals surface area (Å²) in [6.45, 7) is 0. The van der Waals surface area contributed by atoms with Crippen LogP contribution in [0.1, 0.15) is 5.56 Å². The number of methoxy groups -OCH3 is 3. The predicted molar refractivity (Wildman–Crippen MR) is 90.6 cm³/mol. The van der Waals surface area contributed by atoms with E-state index in [1.807, 2.05) is 33.3 Å². The fraction of sp³-hybridized carbons (Fsp3) is 0.533. The summed E-state index contributed by atoms with van der Waals surface area (Å²) in [6.07, 6.45) is 0.333. The zero-order chi connectivity index (χ0) is 16.2. The van der Waals surface area contributed by atoms with Crippen molar-refractivity contribution < 1.29 is 23.5 Å². The molecule has 0 saturated heterocycles. The number of hydrogen-bond donors (Lipinski definition) is 0. The summed E-state index contributed by atoms with van der Waals surface area (Å²) in [5.74, 6) is 1.83. The van der Waals surface area contributed by atoms with Crippen LogP contribution in [0, 0.1) is 0 Å². The Balaban J connectivity index is 3.07. The highest BCUT2D eigenvalue weighted by Gasteiger charge is 2.28. The fourth-order valence-corrected chi connectivity index (χ4v) is 2.18. The lowest BCUT2D eigenvalue weighted by Crippen LogP contribution is -2.46. The van der Waals surface area contributed by atoms with Gasteiger partial charge in [0.05, 0.1) is 42.5 Å². The van der Waals surface area contributed by atoms with Gasteiger partial charge in [0.2, 0.25) is 11.5 Å². The summed E-state index contributed by atoms with van der Waals surface area (Å²) in [6, 6.07) is 3.64. The third-order valence-electron chi connectivity index (χ3n) is 3.05. The van der Waals surface area contributed by atoms with Crippen molar-refractivity contribution in [1.29, 1.82) is 0 Å². The molecule has 0 aliphatic carbocycles. The highest BCUT2D eigenvalue weighted by molar-refractivity contribution is 14.1. The molecule has 1 unspecified atom stereocenters. The van der Waals surface area contributed by atoms with E-state index in [0.29, 0.717) is 28.2 Å². The number of benzene rings is 1. The number of ketones is 1. The highest BCUT2D eigenvalue weighted by Crippen LogP contribution is 2.38. The Morgan fingerprint density at radius 3 is 1.90 bits per heavy atom. The largest absolute Gasteiger partial charge is 0.493 e. The molecule has 5 nitrogen and oxygen atoms in total. The molecule has 0 radical (unpaired) electrons. The van der Waals surface area contributed by atoms with E-state index in [4.69, 9.17) is 14.2 Å². The molecule has 0 amide bonds. The molecule has 0 aliphatic rings. The van der Waals surface area contributed by atoms with Crippen LogP contribution in [-0.4, -0.2) is 56.8 Å². The van der Waals surface area contributed by atoms with E-state index >= 15 is 0 Å². The number of carbonyl (C=O) groups is 1. The molecule has 1 aromatic rings. The van der Waals surface area contributed by atoms with Crippen LogP contribution in [0.15, 0.2) is 12.1 Å². The normalized spacial score (nSPS) is 12.7. The van der Waals surface area contributed by atoms with Gasteiger partial charge in [0.15, 0.2) is 15.5 Å². The number of nitrogens with zero attached hydrogens (tertiary/aromatic N) is 1. The molecule has 6 heteroatoms. The molecule has 0 heterocycles. The van der Waals surface area contributed by atoms with Gasteiger partial charge in [-0.25, -0.2) is 0 Å². The predicted octanol–water partition coefficient (Wildman–Crippen LogP) is 2.29. The molecule has 0 aliphatic heterocycles. The zero-order valence-electron chi connectivity index (χ0n) is 13.4. The Hall–Kier alpha value is -1.02. The molecular formula is C15H23INO4+. The highest BCUT2D eigenvalue weighted by atomic mass is 127. The van der Waals surface area contributed by atoms with E-state index in [0.717, 1.165) is 5.56 Å². The van der Waals surface area contributed by atoms with E-state index in [2.05, 4.69) is 22.6 Å². The number of halogens is 1. The van der Waals surface area contributed by atoms with Crippen LogP contribution in [0.3, 0.4) is 0 Å². The lowest BCUT2D eigenvalue weighted by Gasteiger charge is -2.29. The first-order valence-corrected chi connectivity index (χ1v) is 7.76. The van der Waals surface area contributed by atoms with Crippen LogP contribution in [0.5, 0.6) is 17.2 Å². The van der Waals surface area contributed by atoms with Gasteiger partial charge >= 0.3 is 0 Å². The Labute approximate surface area is 139 Å². The molecule has 0 saturated carbocycles. The van der Waals surface area contributed by atoms with Gasteiger partial charge in [-0.05, 0) is 40.3 Å². The van der Waals surface area contributed by atoms with Gasteiger partial charge < -0.3 is 18.7 Å². The number of carbonyl (C=O) groups excluding carboxylic acids is 1. The van der Waals surface area contributed by atoms with E-state index in [1.165, 1.54) is 0 Å². The van der Waals surface area contributed by atoms with Crippen LogP contribution in [0.4, 0.5) is 0 Å². The van der Waals surface area contributed by atoms with Crippen LogP contribution in [0.25, 0.3) is 0 Å². The van der Waals surface area contributed by atoms with Gasteiger partial charge in [0.25, 0.3) is 0 Å². The number of ether oxygens (including phenoxy) is 3. The van der Waals surface area contributed by atoms with E-state index < -0.39 is 0 Å². The minimum absolute atomic E-state index is 0.110. The molecular weight excluding hydrogens is 385 g/mol. The lowest BCUT2D eigenvalue weighted by atomic mass is 10.1. The molecule has 0 bridgehead atoms. The average Bonchev–Trinajstić information content (AvgIpc) is 2.44. The van der Waals surface area contributed by atoms with Crippen LogP contribution < -0.4 is 14.2 Å². The van der Waals surface area contributed by atoms with Crippen molar-refractivity contribution in [3.63, 3.8) is 0 Å². The van der Waals surface area contributed by atoms with Crippen molar-refractivity contribution in [2.24, 2.45) is 0 Å². The third kappa shape index (κ3) is 4.47. The summed E-state index contributed by atoms with van der Waals surface area (Å²) in [5.41, 5.74) is 0.851. The summed E-state index contributed by atoms with van der Waals surface area (Å²) in [7, 11) is 10.7. The number of rotatable bonds is 7. The Morgan fingerprint density at radius 2 is 1.57 bits per heavy atom. The molecule has 1 aromatic carbocycles. The van der Waals surface area contributed by atoms with Crippen molar-refractivity contribution in [2.45, 2.75) is 10.5 Å². The first-order valence-electron chi connectivity index (χ1n) is 6.51. The zero-order valence-corrected chi connectivity index (χ0v) is 15.6. The van der Waals surface area contributed by atoms with Crippen LogP contribution in [-0.2, 0) is 11.2 Å². The topological polar surface area (TPSA) is 44.8 Å². The van der Waals surface area contributed by atoms with Crippen molar-refractivity contribution in [3.05, 3.63) is 17.7 Å². The molecule has 0 N–H and O–H groups in total. The van der Waals surface area contributed by atoms with Gasteiger partial charge in [-0.3, -0.25) is 4.79 Å². The van der Waals surface area contributed by atoms with Gasteiger partial charge in [-0.1, -0.05) is 0 Å². The molecule has 0 fully saturated rings. The molecule has 1 rings (SSSR count). The monoisotopic (exact) mass is 408 g/mol. The maximum atomic E-state index is 12.4. The van der Waals surface area contributed by atoms with Gasteiger partial charge in [0.1, 0.15) is 0 Å². The first kappa shape index (κ1) is 18.0.